The minimum atomic E-state index is -0.328. The number of rotatable bonds is 2. The van der Waals surface area contributed by atoms with E-state index in [4.69, 9.17) is 0 Å². The van der Waals surface area contributed by atoms with Crippen LogP contribution in [0.5, 0.6) is 0 Å². The summed E-state index contributed by atoms with van der Waals surface area (Å²) in [6.45, 7) is 2.48. The van der Waals surface area contributed by atoms with Gasteiger partial charge >= 0.3 is 0 Å². The molecule has 17 heavy (non-hydrogen) atoms. The second-order valence-electron chi connectivity index (χ2n) is 5.21. The summed E-state index contributed by atoms with van der Waals surface area (Å²) >= 11 is 0. The molecule has 2 amide bonds. The van der Waals surface area contributed by atoms with E-state index in [0.29, 0.717) is 18.9 Å². The maximum atomic E-state index is 12.2. The first kappa shape index (κ1) is 10.5. The Hall–Kier alpha value is -1.64. The molecule has 1 saturated heterocycles. The van der Waals surface area contributed by atoms with Crippen LogP contribution in [0.4, 0.5) is 0 Å². The van der Waals surface area contributed by atoms with Gasteiger partial charge in [0.1, 0.15) is 0 Å². The van der Waals surface area contributed by atoms with Crippen molar-refractivity contribution in [2.75, 3.05) is 0 Å². The maximum absolute atomic E-state index is 12.2. The van der Waals surface area contributed by atoms with Gasteiger partial charge in [0.2, 0.25) is 11.8 Å². The van der Waals surface area contributed by atoms with Crippen LogP contribution < -0.4 is 0 Å². The molecule has 1 spiro atoms. The van der Waals surface area contributed by atoms with E-state index in [1.165, 1.54) is 4.90 Å². The number of imide groups is 1. The molecule has 0 radical (unpaired) electrons. The SMILES string of the molecule is CC1CC12CC(=O)N(Cc1ccccc1)C2=O. The Morgan fingerprint density at radius 3 is 2.47 bits per heavy atom. The topological polar surface area (TPSA) is 37.4 Å². The molecule has 2 atom stereocenters. The number of hydrogen-bond donors (Lipinski definition) is 0. The van der Waals surface area contributed by atoms with Crippen LogP contribution in [0.2, 0.25) is 0 Å². The molecule has 0 bridgehead atoms. The fourth-order valence-corrected chi connectivity index (χ4v) is 2.78. The van der Waals surface area contributed by atoms with E-state index >= 15 is 0 Å². The minimum absolute atomic E-state index is 0.0109. The number of likely N-dealkylation sites (tertiary alicyclic amines) is 1. The molecule has 88 valence electrons. The van der Waals surface area contributed by atoms with Gasteiger partial charge < -0.3 is 0 Å². The third-order valence-corrected chi connectivity index (χ3v) is 4.08. The van der Waals surface area contributed by atoms with Crippen molar-refractivity contribution in [3.8, 4) is 0 Å². The van der Waals surface area contributed by atoms with Crippen molar-refractivity contribution < 1.29 is 9.59 Å². The summed E-state index contributed by atoms with van der Waals surface area (Å²) in [6, 6.07) is 9.68. The Morgan fingerprint density at radius 2 is 1.94 bits per heavy atom. The van der Waals surface area contributed by atoms with Crippen LogP contribution in [0.15, 0.2) is 30.3 Å². The Labute approximate surface area is 100 Å². The van der Waals surface area contributed by atoms with Crippen molar-refractivity contribution in [1.29, 1.82) is 0 Å². The van der Waals surface area contributed by atoms with Gasteiger partial charge in [0.15, 0.2) is 0 Å². The lowest BCUT2D eigenvalue weighted by Crippen LogP contribution is -2.30. The lowest BCUT2D eigenvalue weighted by atomic mass is 10.0. The Bertz CT molecular complexity index is 482. The van der Waals surface area contributed by atoms with Crippen LogP contribution in [0.3, 0.4) is 0 Å². The van der Waals surface area contributed by atoms with E-state index < -0.39 is 0 Å². The quantitative estimate of drug-likeness (QED) is 0.727. The highest BCUT2D eigenvalue weighted by Gasteiger charge is 2.64. The Balaban J connectivity index is 1.81. The van der Waals surface area contributed by atoms with E-state index in [2.05, 4.69) is 6.92 Å². The van der Waals surface area contributed by atoms with E-state index in [0.717, 1.165) is 12.0 Å². The van der Waals surface area contributed by atoms with Gasteiger partial charge in [0.25, 0.3) is 0 Å². The molecule has 1 aliphatic carbocycles. The zero-order valence-electron chi connectivity index (χ0n) is 9.85. The van der Waals surface area contributed by atoms with Crippen LogP contribution >= 0.6 is 0 Å². The molecular formula is C14H15NO2. The molecule has 2 aliphatic rings. The molecule has 2 unspecified atom stereocenters. The molecule has 1 aromatic carbocycles. The number of benzene rings is 1. The predicted molar refractivity (Wildman–Crippen MR) is 62.8 cm³/mol. The molecule has 1 heterocycles. The van der Waals surface area contributed by atoms with Crippen molar-refractivity contribution in [2.24, 2.45) is 11.3 Å². The summed E-state index contributed by atoms with van der Waals surface area (Å²) in [6.07, 6.45) is 1.29. The van der Waals surface area contributed by atoms with Crippen LogP contribution in [-0.4, -0.2) is 16.7 Å². The Morgan fingerprint density at radius 1 is 1.29 bits per heavy atom. The van der Waals surface area contributed by atoms with Gasteiger partial charge in [0.05, 0.1) is 12.0 Å². The van der Waals surface area contributed by atoms with Crippen LogP contribution in [0, 0.1) is 11.3 Å². The van der Waals surface area contributed by atoms with Gasteiger partial charge in [-0.15, -0.1) is 0 Å². The molecule has 1 aromatic rings. The standard InChI is InChI=1S/C14H15NO2/c1-10-7-14(10)8-12(16)15(13(14)17)9-11-5-3-2-4-6-11/h2-6,10H,7-9H2,1H3. The largest absolute Gasteiger partial charge is 0.278 e. The number of carbonyl (C=O) groups is 2. The fraction of sp³-hybridized carbons (Fsp3) is 0.429. The summed E-state index contributed by atoms with van der Waals surface area (Å²) in [5.41, 5.74) is 0.686. The Kier molecular flexibility index (Phi) is 2.12. The van der Waals surface area contributed by atoms with E-state index in [-0.39, 0.29) is 17.2 Å². The summed E-state index contributed by atoms with van der Waals surface area (Å²) in [4.78, 5) is 25.5. The molecule has 3 nitrogen and oxygen atoms in total. The van der Waals surface area contributed by atoms with E-state index in [1.807, 2.05) is 30.3 Å². The summed E-state index contributed by atoms with van der Waals surface area (Å²) in [7, 11) is 0. The summed E-state index contributed by atoms with van der Waals surface area (Å²) in [5.74, 6) is 0.404. The monoisotopic (exact) mass is 229 g/mol. The second kappa shape index (κ2) is 3.42. The first-order valence-electron chi connectivity index (χ1n) is 6.02. The van der Waals surface area contributed by atoms with Crippen molar-refractivity contribution >= 4 is 11.8 Å². The van der Waals surface area contributed by atoms with Crippen LogP contribution in [0.1, 0.15) is 25.3 Å². The smallest absolute Gasteiger partial charge is 0.236 e. The fourth-order valence-electron chi connectivity index (χ4n) is 2.78. The highest BCUT2D eigenvalue weighted by Crippen LogP contribution is 2.59. The van der Waals surface area contributed by atoms with Gasteiger partial charge in [-0.05, 0) is 17.9 Å². The molecular weight excluding hydrogens is 214 g/mol. The first-order chi connectivity index (χ1) is 8.13. The second-order valence-corrected chi connectivity index (χ2v) is 5.21. The first-order valence-corrected chi connectivity index (χ1v) is 6.02. The number of hydrogen-bond acceptors (Lipinski definition) is 2. The molecule has 1 saturated carbocycles. The zero-order valence-corrected chi connectivity index (χ0v) is 9.85. The molecule has 0 aromatic heterocycles. The van der Waals surface area contributed by atoms with Crippen LogP contribution in [0.25, 0.3) is 0 Å². The predicted octanol–water partition coefficient (Wildman–Crippen LogP) is 1.97. The minimum Gasteiger partial charge on any atom is -0.278 e. The number of nitrogens with zero attached hydrogens (tertiary/aromatic N) is 1. The van der Waals surface area contributed by atoms with Crippen molar-refractivity contribution in [3.05, 3.63) is 35.9 Å². The highest BCUT2D eigenvalue weighted by molar-refractivity contribution is 6.07. The lowest BCUT2D eigenvalue weighted by Gasteiger charge is -2.14. The average molecular weight is 229 g/mol. The molecule has 3 heteroatoms. The third kappa shape index (κ3) is 1.49. The molecule has 0 N–H and O–H groups in total. The molecule has 2 fully saturated rings. The third-order valence-electron chi connectivity index (χ3n) is 4.08. The summed E-state index contributed by atoms with van der Waals surface area (Å²) < 4.78 is 0. The van der Waals surface area contributed by atoms with Gasteiger partial charge in [0, 0.05) is 6.42 Å². The number of amides is 2. The highest BCUT2D eigenvalue weighted by atomic mass is 16.2. The normalized spacial score (nSPS) is 31.4. The van der Waals surface area contributed by atoms with Gasteiger partial charge in [-0.3, -0.25) is 14.5 Å². The maximum Gasteiger partial charge on any atom is 0.236 e. The zero-order chi connectivity index (χ0) is 12.0. The van der Waals surface area contributed by atoms with Crippen molar-refractivity contribution in [2.45, 2.75) is 26.3 Å². The van der Waals surface area contributed by atoms with Crippen LogP contribution in [-0.2, 0) is 16.1 Å². The van der Waals surface area contributed by atoms with E-state index in [9.17, 15) is 9.59 Å². The number of carbonyl (C=O) groups excluding carboxylic acids is 2. The van der Waals surface area contributed by atoms with E-state index in [1.54, 1.807) is 0 Å². The van der Waals surface area contributed by atoms with Crippen molar-refractivity contribution in [3.63, 3.8) is 0 Å². The van der Waals surface area contributed by atoms with Gasteiger partial charge in [-0.25, -0.2) is 0 Å². The molecule has 1 aliphatic heterocycles. The average Bonchev–Trinajstić information content (AvgIpc) is 2.91. The van der Waals surface area contributed by atoms with Gasteiger partial charge in [-0.2, -0.15) is 0 Å². The molecule has 3 rings (SSSR count). The summed E-state index contributed by atoms with van der Waals surface area (Å²) in [5, 5.41) is 0. The van der Waals surface area contributed by atoms with Crippen molar-refractivity contribution in [1.82, 2.24) is 4.90 Å². The van der Waals surface area contributed by atoms with Gasteiger partial charge in [-0.1, -0.05) is 37.3 Å². The lowest BCUT2D eigenvalue weighted by molar-refractivity contribution is -0.140.